The monoisotopic (exact) mass is 536 g/mol. The molecule has 0 bridgehead atoms. The Morgan fingerprint density at radius 3 is 2.28 bits per heavy atom. The average Bonchev–Trinajstić information content (AvgIpc) is 3.36. The van der Waals surface area contributed by atoms with E-state index in [4.69, 9.17) is 13.6 Å². The lowest BCUT2D eigenvalue weighted by atomic mass is 10.1. The van der Waals surface area contributed by atoms with E-state index in [9.17, 15) is 4.79 Å². The molecule has 2 aromatic heterocycles. The van der Waals surface area contributed by atoms with Crippen molar-refractivity contribution >= 4 is 27.8 Å². The van der Waals surface area contributed by atoms with Crippen LogP contribution in [0.1, 0.15) is 79.9 Å². The van der Waals surface area contributed by atoms with Gasteiger partial charge in [-0.2, -0.15) is 0 Å². The molecule has 10 heteroatoms. The van der Waals surface area contributed by atoms with E-state index in [1.54, 1.807) is 6.33 Å². The molecular weight excluding hydrogens is 488 g/mol. The maximum absolute atomic E-state index is 12.3. The predicted octanol–water partition coefficient (Wildman–Crippen LogP) is 6.38. The summed E-state index contributed by atoms with van der Waals surface area (Å²) in [5.41, 5.74) is 0.584. The Morgan fingerprint density at radius 2 is 1.67 bits per heavy atom. The number of ether oxygens (including phenoxy) is 1. The van der Waals surface area contributed by atoms with Gasteiger partial charge in [-0.25, -0.2) is 9.97 Å². The summed E-state index contributed by atoms with van der Waals surface area (Å²) in [6.07, 6.45) is 7.70. The van der Waals surface area contributed by atoms with E-state index >= 15 is 0 Å². The summed E-state index contributed by atoms with van der Waals surface area (Å²) in [5, 5.41) is 0.298. The standard InChI is InChI=1S/C26H48N4O4Si2/c1-11-13-25(3,4)35(7,8)32-16-19-15-20(34-36(9,10)26(5,6)14-12-2)24(33-19)30-18-29-21-22(30)27-17-28-23(21)31/h17-20,24H,11-16H2,1-10H3,(H,27,28,31)/t19-,20+,24+/m0/s1. The number of aromatic amines is 1. The van der Waals surface area contributed by atoms with Crippen LogP contribution in [0.4, 0.5) is 0 Å². The second-order valence-corrected chi connectivity index (χ2v) is 22.0. The summed E-state index contributed by atoms with van der Waals surface area (Å²) in [6.45, 7) is 23.6. The number of hydrogen-bond donors (Lipinski definition) is 1. The Bertz CT molecular complexity index is 1080. The number of imidazole rings is 1. The molecule has 0 aliphatic carbocycles. The fraction of sp³-hybridized carbons (Fsp3) is 0.808. The van der Waals surface area contributed by atoms with Crippen molar-refractivity contribution in [3.05, 3.63) is 23.0 Å². The van der Waals surface area contributed by atoms with E-state index < -0.39 is 22.9 Å². The number of H-pyrrole nitrogens is 1. The minimum absolute atomic E-state index is 0.0947. The highest BCUT2D eigenvalue weighted by Crippen LogP contribution is 2.46. The highest BCUT2D eigenvalue weighted by Gasteiger charge is 2.48. The molecule has 3 heterocycles. The van der Waals surface area contributed by atoms with Crippen molar-refractivity contribution in [3.8, 4) is 0 Å². The summed E-state index contributed by atoms with van der Waals surface area (Å²) in [7, 11) is -4.07. The molecule has 1 N–H and O–H groups in total. The molecule has 204 valence electrons. The van der Waals surface area contributed by atoms with Crippen LogP contribution < -0.4 is 5.56 Å². The van der Waals surface area contributed by atoms with E-state index in [1.807, 2.05) is 4.57 Å². The largest absolute Gasteiger partial charge is 0.414 e. The van der Waals surface area contributed by atoms with Crippen molar-refractivity contribution < 1.29 is 13.6 Å². The van der Waals surface area contributed by atoms with Crippen LogP contribution in [0, 0.1) is 0 Å². The Labute approximate surface area is 218 Å². The summed E-state index contributed by atoms with van der Waals surface area (Å²) >= 11 is 0. The Balaban J connectivity index is 1.88. The van der Waals surface area contributed by atoms with Crippen molar-refractivity contribution in [2.24, 2.45) is 0 Å². The van der Waals surface area contributed by atoms with Crippen molar-refractivity contribution in [1.82, 2.24) is 19.5 Å². The van der Waals surface area contributed by atoms with Crippen LogP contribution in [0.5, 0.6) is 0 Å². The first kappa shape index (κ1) is 29.2. The molecule has 0 unspecified atom stereocenters. The molecule has 0 radical (unpaired) electrons. The average molecular weight is 537 g/mol. The van der Waals surface area contributed by atoms with Gasteiger partial charge in [-0.1, -0.05) is 54.4 Å². The minimum Gasteiger partial charge on any atom is -0.414 e. The van der Waals surface area contributed by atoms with E-state index in [0.717, 1.165) is 32.1 Å². The number of nitrogens with one attached hydrogen (secondary N) is 1. The number of rotatable bonds is 12. The van der Waals surface area contributed by atoms with Crippen LogP contribution in [-0.2, 0) is 13.6 Å². The minimum atomic E-state index is -2.11. The molecule has 0 spiro atoms. The quantitative estimate of drug-likeness (QED) is 0.317. The second-order valence-electron chi connectivity index (χ2n) is 12.7. The number of fused-ring (bicyclic) bond motifs is 1. The molecule has 1 aliphatic heterocycles. The molecule has 3 atom stereocenters. The molecule has 36 heavy (non-hydrogen) atoms. The molecular formula is C26H48N4O4Si2. The summed E-state index contributed by atoms with van der Waals surface area (Å²) in [4.78, 5) is 23.7. The van der Waals surface area contributed by atoms with Crippen LogP contribution in [0.15, 0.2) is 17.4 Å². The zero-order valence-electron chi connectivity index (χ0n) is 24.1. The van der Waals surface area contributed by atoms with Gasteiger partial charge in [-0.15, -0.1) is 0 Å². The van der Waals surface area contributed by atoms with Crippen LogP contribution in [-0.4, -0.2) is 55.0 Å². The highest BCUT2D eigenvalue weighted by molar-refractivity contribution is 6.74. The number of hydrogen-bond acceptors (Lipinski definition) is 6. The van der Waals surface area contributed by atoms with Gasteiger partial charge in [0.1, 0.15) is 0 Å². The van der Waals surface area contributed by atoms with Gasteiger partial charge in [-0.3, -0.25) is 9.36 Å². The molecule has 0 aromatic carbocycles. The van der Waals surface area contributed by atoms with Crippen molar-refractivity contribution in [1.29, 1.82) is 0 Å². The topological polar surface area (TPSA) is 91.3 Å². The molecule has 1 aliphatic rings. The van der Waals surface area contributed by atoms with Crippen molar-refractivity contribution in [2.45, 2.75) is 128 Å². The summed E-state index contributed by atoms with van der Waals surface area (Å²) < 4.78 is 22.2. The predicted molar refractivity (Wildman–Crippen MR) is 150 cm³/mol. The van der Waals surface area contributed by atoms with Crippen LogP contribution >= 0.6 is 0 Å². The zero-order valence-corrected chi connectivity index (χ0v) is 26.1. The lowest BCUT2D eigenvalue weighted by molar-refractivity contribution is -0.0445. The number of nitrogens with zero attached hydrogens (tertiary/aromatic N) is 3. The SMILES string of the molecule is CCCC(C)(C)[Si](C)(C)OC[C@@H]1C[C@@H](O[Si](C)(C)C(C)(C)CCC)[C@H](n2cnc3c(=O)[nH]cnc32)O1. The van der Waals surface area contributed by atoms with Gasteiger partial charge in [0.25, 0.3) is 5.56 Å². The smallest absolute Gasteiger partial charge is 0.278 e. The highest BCUT2D eigenvalue weighted by atomic mass is 28.4. The first-order valence-corrected chi connectivity index (χ1v) is 19.3. The zero-order chi connectivity index (χ0) is 26.9. The summed E-state index contributed by atoms with van der Waals surface area (Å²) in [5.74, 6) is 0. The van der Waals surface area contributed by atoms with E-state index in [2.05, 4.69) is 82.7 Å². The maximum Gasteiger partial charge on any atom is 0.278 e. The third-order valence-corrected chi connectivity index (χ3v) is 17.7. The molecule has 0 amide bonds. The van der Waals surface area contributed by atoms with Gasteiger partial charge in [0.2, 0.25) is 0 Å². The summed E-state index contributed by atoms with van der Waals surface area (Å²) in [6, 6.07) is 0. The van der Waals surface area contributed by atoms with Crippen molar-refractivity contribution in [3.63, 3.8) is 0 Å². The fourth-order valence-corrected chi connectivity index (χ4v) is 9.10. The van der Waals surface area contributed by atoms with Crippen LogP contribution in [0.2, 0.25) is 36.3 Å². The molecule has 8 nitrogen and oxygen atoms in total. The van der Waals surface area contributed by atoms with Gasteiger partial charge >= 0.3 is 0 Å². The van der Waals surface area contributed by atoms with Gasteiger partial charge < -0.3 is 18.6 Å². The maximum atomic E-state index is 12.3. The van der Waals surface area contributed by atoms with Gasteiger partial charge in [-0.05, 0) is 49.1 Å². The normalized spacial score (nSPS) is 22.0. The first-order chi connectivity index (χ1) is 16.7. The third-order valence-electron chi connectivity index (χ3n) is 8.87. The second kappa shape index (κ2) is 10.8. The van der Waals surface area contributed by atoms with E-state index in [-0.39, 0.29) is 27.8 Å². The Hall–Kier alpha value is -1.34. The van der Waals surface area contributed by atoms with Gasteiger partial charge in [0.15, 0.2) is 34.0 Å². The Morgan fingerprint density at radius 1 is 1.06 bits per heavy atom. The van der Waals surface area contributed by atoms with E-state index in [0.29, 0.717) is 17.8 Å². The Kier molecular flexibility index (Phi) is 8.77. The van der Waals surface area contributed by atoms with Crippen molar-refractivity contribution in [2.75, 3.05) is 6.61 Å². The van der Waals surface area contributed by atoms with Crippen LogP contribution in [0.25, 0.3) is 11.2 Å². The lowest BCUT2D eigenvalue weighted by Crippen LogP contribution is -2.46. The molecule has 3 rings (SSSR count). The van der Waals surface area contributed by atoms with Gasteiger partial charge in [0, 0.05) is 6.42 Å². The lowest BCUT2D eigenvalue weighted by Gasteiger charge is -2.42. The molecule has 1 fully saturated rings. The first-order valence-electron chi connectivity index (χ1n) is 13.5. The molecule has 1 saturated heterocycles. The molecule has 0 saturated carbocycles. The van der Waals surface area contributed by atoms with Crippen LogP contribution in [0.3, 0.4) is 0 Å². The van der Waals surface area contributed by atoms with E-state index in [1.165, 1.54) is 6.33 Å². The molecule has 2 aromatic rings. The number of aromatic nitrogens is 4. The fourth-order valence-electron chi connectivity index (χ4n) is 5.11. The van der Waals surface area contributed by atoms with Gasteiger partial charge in [0.05, 0.1) is 31.5 Å². The third kappa shape index (κ3) is 5.87.